The Morgan fingerprint density at radius 3 is 2.71 bits per heavy atom. The largest absolute Gasteiger partial charge is 0.479 e. The van der Waals surface area contributed by atoms with Crippen molar-refractivity contribution in [2.24, 2.45) is 0 Å². The van der Waals surface area contributed by atoms with E-state index in [1.54, 1.807) is 20.0 Å². The highest BCUT2D eigenvalue weighted by atomic mass is 16.4. The number of carboxylic acids is 1. The second-order valence-electron chi connectivity index (χ2n) is 4.71. The average Bonchev–Trinajstić information content (AvgIpc) is 2.75. The summed E-state index contributed by atoms with van der Waals surface area (Å²) in [6, 6.07) is 7.56. The van der Waals surface area contributed by atoms with Crippen LogP contribution in [0.25, 0.3) is 10.9 Å². The zero-order chi connectivity index (χ0) is 12.6. The number of rotatable bonds is 3. The fraction of sp³-hybridized carbons (Fsp3) is 0.308. The second-order valence-corrected chi connectivity index (χ2v) is 4.71. The molecule has 0 spiro atoms. The molecule has 2 rings (SSSR count). The normalized spacial score (nSPS) is 13.8. The topological polar surface area (TPSA) is 73.3 Å². The van der Waals surface area contributed by atoms with Gasteiger partial charge >= 0.3 is 5.97 Å². The van der Waals surface area contributed by atoms with E-state index < -0.39 is 17.5 Å². The van der Waals surface area contributed by atoms with Gasteiger partial charge in [0.15, 0.2) is 6.10 Å². The van der Waals surface area contributed by atoms with Gasteiger partial charge in [-0.25, -0.2) is 4.79 Å². The Labute approximate surface area is 98.9 Å². The number of nitrogens with one attached hydrogen (secondary N) is 1. The minimum atomic E-state index is -1.43. The van der Waals surface area contributed by atoms with Gasteiger partial charge in [0.25, 0.3) is 0 Å². The van der Waals surface area contributed by atoms with Gasteiger partial charge in [-0.15, -0.1) is 0 Å². The maximum Gasteiger partial charge on any atom is 0.333 e. The molecule has 1 aromatic heterocycles. The molecule has 0 aliphatic rings. The quantitative estimate of drug-likeness (QED) is 0.758. The molecule has 4 nitrogen and oxygen atoms in total. The van der Waals surface area contributed by atoms with Crippen LogP contribution in [0, 0.1) is 0 Å². The molecular weight excluding hydrogens is 218 g/mol. The van der Waals surface area contributed by atoms with E-state index in [2.05, 4.69) is 4.98 Å². The van der Waals surface area contributed by atoms with Crippen molar-refractivity contribution in [2.45, 2.75) is 25.4 Å². The SMILES string of the molecule is CC(C)(c1cccc2cc[nH]c12)C(O)C(=O)O. The van der Waals surface area contributed by atoms with Crippen LogP contribution < -0.4 is 0 Å². The molecule has 0 radical (unpaired) electrons. The van der Waals surface area contributed by atoms with Gasteiger partial charge in [-0.05, 0) is 17.0 Å². The van der Waals surface area contributed by atoms with Crippen LogP contribution >= 0.6 is 0 Å². The van der Waals surface area contributed by atoms with Gasteiger partial charge < -0.3 is 15.2 Å². The second kappa shape index (κ2) is 3.89. The van der Waals surface area contributed by atoms with E-state index in [-0.39, 0.29) is 0 Å². The number of hydrogen-bond donors (Lipinski definition) is 3. The summed E-state index contributed by atoms with van der Waals surface area (Å²) in [5, 5.41) is 19.7. The Kier molecular flexibility index (Phi) is 2.67. The van der Waals surface area contributed by atoms with Gasteiger partial charge in [0.1, 0.15) is 0 Å². The predicted octanol–water partition coefficient (Wildman–Crippen LogP) is 1.89. The predicted molar refractivity (Wildman–Crippen MR) is 65.0 cm³/mol. The molecule has 0 saturated carbocycles. The Morgan fingerprint density at radius 2 is 2.06 bits per heavy atom. The number of aliphatic hydroxyl groups excluding tert-OH is 1. The van der Waals surface area contributed by atoms with Gasteiger partial charge in [-0.2, -0.15) is 0 Å². The Bertz CT molecular complexity index is 557. The van der Waals surface area contributed by atoms with Crippen LogP contribution in [0.5, 0.6) is 0 Å². The van der Waals surface area contributed by atoms with Crippen molar-refractivity contribution in [3.05, 3.63) is 36.0 Å². The number of carboxylic acid groups (broad SMARTS) is 1. The molecule has 90 valence electrons. The summed E-state index contributed by atoms with van der Waals surface area (Å²) < 4.78 is 0. The van der Waals surface area contributed by atoms with Gasteiger partial charge in [0, 0.05) is 17.1 Å². The lowest BCUT2D eigenvalue weighted by atomic mass is 9.78. The van der Waals surface area contributed by atoms with E-state index in [4.69, 9.17) is 5.11 Å². The molecule has 1 heterocycles. The van der Waals surface area contributed by atoms with Crippen molar-refractivity contribution >= 4 is 16.9 Å². The van der Waals surface area contributed by atoms with E-state index in [0.29, 0.717) is 0 Å². The molecule has 1 atom stereocenters. The highest BCUT2D eigenvalue weighted by Gasteiger charge is 2.36. The number of benzene rings is 1. The van der Waals surface area contributed by atoms with E-state index in [1.165, 1.54) is 0 Å². The molecule has 17 heavy (non-hydrogen) atoms. The Hall–Kier alpha value is -1.81. The van der Waals surface area contributed by atoms with Crippen LogP contribution in [0.4, 0.5) is 0 Å². The number of aliphatic carboxylic acids is 1. The number of para-hydroxylation sites is 1. The smallest absolute Gasteiger partial charge is 0.333 e. The standard InChI is InChI=1S/C13H15NO3/c1-13(2,11(15)12(16)17)9-5-3-4-8-6-7-14-10(8)9/h3-7,11,14-15H,1-2H3,(H,16,17). The summed E-state index contributed by atoms with van der Waals surface area (Å²) in [7, 11) is 0. The summed E-state index contributed by atoms with van der Waals surface area (Å²) in [5.74, 6) is -1.21. The van der Waals surface area contributed by atoms with Crippen molar-refractivity contribution in [1.82, 2.24) is 4.98 Å². The van der Waals surface area contributed by atoms with Crippen LogP contribution in [0.15, 0.2) is 30.5 Å². The first-order valence-electron chi connectivity index (χ1n) is 5.42. The third kappa shape index (κ3) is 1.80. The molecule has 3 N–H and O–H groups in total. The third-order valence-corrected chi connectivity index (χ3v) is 3.20. The minimum Gasteiger partial charge on any atom is -0.479 e. The van der Waals surface area contributed by atoms with E-state index in [9.17, 15) is 9.90 Å². The maximum atomic E-state index is 10.9. The fourth-order valence-corrected chi connectivity index (χ4v) is 2.08. The number of H-pyrrole nitrogens is 1. The van der Waals surface area contributed by atoms with Crippen molar-refractivity contribution in [3.8, 4) is 0 Å². The summed E-state index contributed by atoms with van der Waals surface area (Å²) in [5.41, 5.74) is 0.823. The Balaban J connectivity index is 2.59. The first-order valence-corrected chi connectivity index (χ1v) is 5.42. The number of aromatic amines is 1. The molecule has 0 aliphatic carbocycles. The van der Waals surface area contributed by atoms with Crippen LogP contribution in [-0.4, -0.2) is 27.3 Å². The van der Waals surface area contributed by atoms with Crippen molar-refractivity contribution < 1.29 is 15.0 Å². The van der Waals surface area contributed by atoms with Crippen molar-refractivity contribution in [2.75, 3.05) is 0 Å². The number of aliphatic hydroxyl groups is 1. The molecule has 0 saturated heterocycles. The number of hydrogen-bond acceptors (Lipinski definition) is 2. The van der Waals surface area contributed by atoms with Crippen LogP contribution in [0.3, 0.4) is 0 Å². The average molecular weight is 233 g/mol. The first-order chi connectivity index (χ1) is 7.94. The van der Waals surface area contributed by atoms with Crippen molar-refractivity contribution in [1.29, 1.82) is 0 Å². The fourth-order valence-electron chi connectivity index (χ4n) is 2.08. The maximum absolute atomic E-state index is 10.9. The van der Waals surface area contributed by atoms with Crippen molar-refractivity contribution in [3.63, 3.8) is 0 Å². The monoisotopic (exact) mass is 233 g/mol. The zero-order valence-corrected chi connectivity index (χ0v) is 9.77. The molecule has 0 aliphatic heterocycles. The molecule has 0 fully saturated rings. The lowest BCUT2D eigenvalue weighted by Crippen LogP contribution is -2.40. The van der Waals surface area contributed by atoms with Crippen LogP contribution in [0.2, 0.25) is 0 Å². The summed E-state index contributed by atoms with van der Waals surface area (Å²) in [6.45, 7) is 3.45. The molecule has 1 unspecified atom stereocenters. The minimum absolute atomic E-state index is 0.801. The highest BCUT2D eigenvalue weighted by Crippen LogP contribution is 2.32. The Morgan fingerprint density at radius 1 is 1.35 bits per heavy atom. The number of fused-ring (bicyclic) bond motifs is 1. The third-order valence-electron chi connectivity index (χ3n) is 3.20. The van der Waals surface area contributed by atoms with Crippen LogP contribution in [-0.2, 0) is 10.2 Å². The molecule has 0 amide bonds. The molecular formula is C13H15NO3. The van der Waals surface area contributed by atoms with E-state index >= 15 is 0 Å². The summed E-state index contributed by atoms with van der Waals surface area (Å²) in [6.07, 6.45) is 0.369. The molecule has 0 bridgehead atoms. The zero-order valence-electron chi connectivity index (χ0n) is 9.77. The highest BCUT2D eigenvalue weighted by molar-refractivity contribution is 5.85. The van der Waals surface area contributed by atoms with E-state index in [0.717, 1.165) is 16.5 Å². The van der Waals surface area contributed by atoms with Gasteiger partial charge in [-0.1, -0.05) is 32.0 Å². The van der Waals surface area contributed by atoms with Gasteiger partial charge in [-0.3, -0.25) is 0 Å². The van der Waals surface area contributed by atoms with E-state index in [1.807, 2.05) is 24.3 Å². The molecule has 2 aromatic rings. The molecule has 4 heteroatoms. The lowest BCUT2D eigenvalue weighted by Gasteiger charge is -2.28. The number of aromatic nitrogens is 1. The van der Waals surface area contributed by atoms with Crippen LogP contribution in [0.1, 0.15) is 19.4 Å². The first kappa shape index (κ1) is 11.7. The summed E-state index contributed by atoms with van der Waals surface area (Å²) in [4.78, 5) is 14.0. The summed E-state index contributed by atoms with van der Waals surface area (Å²) >= 11 is 0. The molecule has 1 aromatic carbocycles. The van der Waals surface area contributed by atoms with Gasteiger partial charge in [0.2, 0.25) is 0 Å². The lowest BCUT2D eigenvalue weighted by molar-refractivity contribution is -0.150. The number of carbonyl (C=O) groups is 1. The van der Waals surface area contributed by atoms with Gasteiger partial charge in [0.05, 0.1) is 0 Å².